The predicted molar refractivity (Wildman–Crippen MR) is 161 cm³/mol. The summed E-state index contributed by atoms with van der Waals surface area (Å²) in [6, 6.07) is 22.2. The van der Waals surface area contributed by atoms with Crippen LogP contribution in [0.1, 0.15) is 11.1 Å². The number of nitro groups is 2. The van der Waals surface area contributed by atoms with Crippen LogP contribution in [0.15, 0.2) is 105 Å². The molecule has 2 amide bonds. The summed E-state index contributed by atoms with van der Waals surface area (Å²) in [6.45, 7) is 0. The van der Waals surface area contributed by atoms with Gasteiger partial charge in [0.25, 0.3) is 23.2 Å². The zero-order valence-electron chi connectivity index (χ0n) is 22.4. The van der Waals surface area contributed by atoms with Gasteiger partial charge in [-0.2, -0.15) is 0 Å². The molecule has 4 aromatic carbocycles. The second-order valence-corrected chi connectivity index (χ2v) is 9.62. The molecule has 0 unspecified atom stereocenters. The minimum Gasteiger partial charge on any atom is -2.00 e. The third kappa shape index (κ3) is 7.75. The number of nitro benzene ring substituents is 2. The van der Waals surface area contributed by atoms with Crippen LogP contribution in [0.4, 0.5) is 34.1 Å². The number of rotatable bonds is 4. The fourth-order valence-electron chi connectivity index (χ4n) is 4.07. The van der Waals surface area contributed by atoms with Crippen LogP contribution in [0.2, 0.25) is 0 Å². The number of aliphatic imine (C=N–C) groups is 2. The van der Waals surface area contributed by atoms with E-state index in [1.54, 1.807) is 48.5 Å². The van der Waals surface area contributed by atoms with Crippen molar-refractivity contribution >= 4 is 82.6 Å². The monoisotopic (exact) mass is 726 g/mol. The van der Waals surface area contributed by atoms with E-state index >= 15 is 0 Å². The summed E-state index contributed by atoms with van der Waals surface area (Å²) in [5.41, 5.74) is 2.87. The molecule has 14 nitrogen and oxygen atoms in total. The van der Waals surface area contributed by atoms with E-state index < -0.39 is 21.7 Å². The van der Waals surface area contributed by atoms with E-state index in [2.05, 4.69) is 20.6 Å². The molecule has 230 valence electrons. The van der Waals surface area contributed by atoms with Gasteiger partial charge in [-0.05, 0) is 24.3 Å². The molecule has 2 N–H and O–H groups in total. The number of fused-ring (bicyclic) bond motifs is 2. The molecule has 0 bridgehead atoms. The van der Waals surface area contributed by atoms with Crippen molar-refractivity contribution < 1.29 is 51.5 Å². The van der Waals surface area contributed by atoms with Gasteiger partial charge in [-0.1, -0.05) is 36.4 Å². The Morgan fingerprint density at radius 1 is 0.600 bits per heavy atom. The summed E-state index contributed by atoms with van der Waals surface area (Å²) in [5.74, 6) is -0.799. The number of benzene rings is 4. The molecular weight excluding hydrogens is 708 g/mol. The first-order valence-electron chi connectivity index (χ1n) is 12.0. The zero-order chi connectivity index (χ0) is 30.0. The topological polar surface area (TPSA) is 226 Å². The normalized spacial score (nSPS) is 13.9. The molecule has 0 saturated heterocycles. The number of nitrogens with one attached hydrogen (secondary N) is 2. The van der Waals surface area contributed by atoms with E-state index in [1.807, 2.05) is 0 Å². The van der Waals surface area contributed by atoms with Gasteiger partial charge in [0.2, 0.25) is 0 Å². The second kappa shape index (κ2) is 15.1. The van der Waals surface area contributed by atoms with Crippen LogP contribution in [0.3, 0.4) is 0 Å². The number of hydrogen-bond acceptors (Lipinski definition) is 10. The fraction of sp³-hybridized carbons (Fsp3) is 0. The molecule has 0 atom stereocenters. The fourth-order valence-corrected chi connectivity index (χ4v) is 4.46. The minimum atomic E-state index is -0.512. The quantitative estimate of drug-likeness (QED) is 0.127. The van der Waals surface area contributed by atoms with Crippen LogP contribution in [-0.4, -0.2) is 33.1 Å². The summed E-state index contributed by atoms with van der Waals surface area (Å²) >= 11 is 10.3. The average molecular weight is 725 g/mol. The summed E-state index contributed by atoms with van der Waals surface area (Å²) in [5, 5.41) is 26.9. The second-order valence-electron chi connectivity index (χ2n) is 8.74. The standard InChI is InChI=1S/2C14H9N3O3S.Mo.2O/c2*18-14-13(15-11-3-1-2-4-12(11)21)9-7-8(17(19)20)5-6-10(9)16-14;;;/h2*1-7,21H,(H,15,16,18);;;/q;;;2*-2/p-2. The van der Waals surface area contributed by atoms with Gasteiger partial charge in [-0.15, -0.1) is 9.79 Å². The SMILES string of the molecule is O=C1Nc2ccc([N+](=O)[O-])cc2C1=Nc1ccccc1[S-].O=C1Nc2ccc([N+](=O)[O-])cc2C1=Nc1ccccc1[S-].[Mo].[O-2].[O-2]. The molecular formula is C28H16MoN6O8S2-6. The Kier molecular flexibility index (Phi) is 12.2. The van der Waals surface area contributed by atoms with Crippen LogP contribution in [0.25, 0.3) is 0 Å². The Morgan fingerprint density at radius 3 is 1.29 bits per heavy atom. The van der Waals surface area contributed by atoms with E-state index in [0.717, 1.165) is 0 Å². The van der Waals surface area contributed by atoms with Crippen LogP contribution in [0, 0.1) is 20.2 Å². The number of hydrogen-bond donors (Lipinski definition) is 2. The Hall–Kier alpha value is -4.99. The van der Waals surface area contributed by atoms with Crippen molar-refractivity contribution in [1.82, 2.24) is 0 Å². The number of amides is 2. The molecule has 6 rings (SSSR count). The first-order chi connectivity index (χ1) is 20.1. The molecule has 0 aliphatic carbocycles. The molecule has 4 aromatic rings. The molecule has 0 saturated carbocycles. The van der Waals surface area contributed by atoms with Crippen LogP contribution in [-0.2, 0) is 66.9 Å². The van der Waals surface area contributed by atoms with Gasteiger partial charge in [-0.3, -0.25) is 29.8 Å². The zero-order valence-corrected chi connectivity index (χ0v) is 26.0. The van der Waals surface area contributed by atoms with E-state index in [9.17, 15) is 29.8 Å². The maximum atomic E-state index is 12.0. The van der Waals surface area contributed by atoms with Crippen molar-refractivity contribution in [2.45, 2.75) is 9.79 Å². The molecule has 2 heterocycles. The van der Waals surface area contributed by atoms with Gasteiger partial charge < -0.3 is 46.8 Å². The Labute approximate surface area is 279 Å². The van der Waals surface area contributed by atoms with Crippen molar-refractivity contribution in [3.63, 3.8) is 0 Å². The predicted octanol–water partition coefficient (Wildman–Crippen LogP) is 4.91. The maximum absolute atomic E-state index is 12.0. The molecule has 2 aliphatic heterocycles. The van der Waals surface area contributed by atoms with E-state index in [1.165, 1.54) is 36.4 Å². The van der Waals surface area contributed by atoms with Crippen LogP contribution < -0.4 is 10.6 Å². The molecule has 0 aromatic heterocycles. The minimum absolute atomic E-state index is 0. The van der Waals surface area contributed by atoms with Gasteiger partial charge in [-0.25, -0.2) is 9.98 Å². The van der Waals surface area contributed by atoms with Gasteiger partial charge in [0.1, 0.15) is 11.4 Å². The molecule has 17 heteroatoms. The number of anilines is 2. The van der Waals surface area contributed by atoms with E-state index in [4.69, 9.17) is 25.3 Å². The van der Waals surface area contributed by atoms with Crippen molar-refractivity contribution in [2.24, 2.45) is 9.98 Å². The largest absolute Gasteiger partial charge is 2.00 e. The van der Waals surface area contributed by atoms with Gasteiger partial charge in [0, 0.05) is 67.8 Å². The Bertz CT molecular complexity index is 1750. The number of carbonyl (C=O) groups excluding carboxylic acids is 2. The third-order valence-corrected chi connectivity index (χ3v) is 6.75. The number of nitrogens with zero attached hydrogens (tertiary/aromatic N) is 4. The number of carbonyl (C=O) groups is 2. The van der Waals surface area contributed by atoms with E-state index in [0.29, 0.717) is 43.7 Å². The first-order valence-corrected chi connectivity index (χ1v) is 12.8. The molecule has 45 heavy (non-hydrogen) atoms. The number of para-hydroxylation sites is 2. The molecule has 0 fully saturated rings. The van der Waals surface area contributed by atoms with Crippen molar-refractivity contribution in [1.29, 1.82) is 0 Å². The Balaban J connectivity index is 0.000000294. The van der Waals surface area contributed by atoms with Gasteiger partial charge in [0.05, 0.1) is 21.2 Å². The maximum Gasteiger partial charge on any atom is 0.275 e. The summed E-state index contributed by atoms with van der Waals surface area (Å²) in [7, 11) is 0. The van der Waals surface area contributed by atoms with Crippen molar-refractivity contribution in [2.75, 3.05) is 10.6 Å². The summed E-state index contributed by atoms with van der Waals surface area (Å²) in [6.07, 6.45) is 0. The molecule has 0 radical (unpaired) electrons. The molecule has 0 spiro atoms. The third-order valence-electron chi connectivity index (χ3n) is 6.06. The first kappa shape index (κ1) is 36.2. The summed E-state index contributed by atoms with van der Waals surface area (Å²) < 4.78 is 0. The average Bonchev–Trinajstić information content (AvgIpc) is 3.45. The number of non-ortho nitro benzene ring substituents is 2. The van der Waals surface area contributed by atoms with Crippen LogP contribution >= 0.6 is 0 Å². The van der Waals surface area contributed by atoms with Gasteiger partial charge >= 0.3 is 0 Å². The Morgan fingerprint density at radius 2 is 0.956 bits per heavy atom. The van der Waals surface area contributed by atoms with Crippen molar-refractivity contribution in [3.8, 4) is 0 Å². The van der Waals surface area contributed by atoms with Crippen LogP contribution in [0.5, 0.6) is 0 Å². The smallest absolute Gasteiger partial charge is 0.275 e. The summed E-state index contributed by atoms with van der Waals surface area (Å²) in [4.78, 5) is 54.2. The van der Waals surface area contributed by atoms with Crippen molar-refractivity contribution in [3.05, 3.63) is 116 Å². The van der Waals surface area contributed by atoms with E-state index in [-0.39, 0.29) is 54.8 Å². The van der Waals surface area contributed by atoms with Gasteiger partial charge in [0.15, 0.2) is 0 Å². The molecule has 2 aliphatic rings.